The van der Waals surface area contributed by atoms with Gasteiger partial charge in [-0.25, -0.2) is 24.1 Å². The lowest BCUT2D eigenvalue weighted by molar-refractivity contribution is -0.118. The number of halogens is 1. The molecule has 0 saturated carbocycles. The van der Waals surface area contributed by atoms with E-state index in [1.54, 1.807) is 41.3 Å². The van der Waals surface area contributed by atoms with Crippen LogP contribution in [-0.4, -0.2) is 78.0 Å². The lowest BCUT2D eigenvalue weighted by Crippen LogP contribution is -2.73. The maximum Gasteiger partial charge on any atom is 0.410 e. The van der Waals surface area contributed by atoms with Gasteiger partial charge in [0.05, 0.1) is 12.0 Å². The molecule has 0 bridgehead atoms. The van der Waals surface area contributed by atoms with Crippen LogP contribution in [0.15, 0.2) is 54.6 Å². The van der Waals surface area contributed by atoms with Crippen molar-refractivity contribution in [3.05, 3.63) is 71.8 Å². The van der Waals surface area contributed by atoms with Crippen molar-refractivity contribution < 1.29 is 20.1 Å². The zero-order chi connectivity index (χ0) is 32.5. The number of carbonyl (C=O) groups is 2. The predicted molar refractivity (Wildman–Crippen MR) is 177 cm³/mol. The smallest absolute Gasteiger partial charge is 0.410 e. The Bertz CT molecular complexity index is 1990. The van der Waals surface area contributed by atoms with Gasteiger partial charge in [0.15, 0.2) is 17.0 Å². The van der Waals surface area contributed by atoms with Gasteiger partial charge in [0.2, 0.25) is 0 Å². The van der Waals surface area contributed by atoms with E-state index < -0.39 is 17.5 Å². The Kier molecular flexibility index (Phi) is 6.83. The molecule has 12 nitrogen and oxygen atoms in total. The number of fused-ring (bicyclic) bond motifs is 2. The molecule has 0 radical (unpaired) electrons. The van der Waals surface area contributed by atoms with E-state index >= 15 is 4.39 Å². The summed E-state index contributed by atoms with van der Waals surface area (Å²) in [6, 6.07) is 6.40. The minimum Gasteiger partial charge on any atom is -0.444 e. The molecule has 1 atom stereocenters. The lowest BCUT2D eigenvalue weighted by Gasteiger charge is -2.60. The van der Waals surface area contributed by atoms with Crippen LogP contribution in [0.1, 0.15) is 46.0 Å². The Morgan fingerprint density at radius 2 is 1.94 bits per heavy atom. The van der Waals surface area contributed by atoms with E-state index in [0.29, 0.717) is 40.4 Å². The number of carbonyl (C=O) groups excluding carboxylic acids is 2. The van der Waals surface area contributed by atoms with Crippen molar-refractivity contribution in [2.45, 2.75) is 51.8 Å². The summed E-state index contributed by atoms with van der Waals surface area (Å²) >= 11 is 1.32. The fraction of sp³-hybridized carbons (Fsp3) is 0.394. The Labute approximate surface area is 275 Å². The topological polar surface area (TPSA) is 123 Å². The number of hydrogen-bond acceptors (Lipinski definition) is 9. The SMILES string of the molecule is CC(C)(C)OC(=O)N1CC2(C1)CN(c1ccc(-c3ccc4cn(C(C(=O)Nc5nccs5)c5ncn6c5CCC6)nc4c3F)cn1)C2.[HH]. The summed E-state index contributed by atoms with van der Waals surface area (Å²) in [6.45, 7) is 9.39. The number of nitrogens with one attached hydrogen (secondary N) is 1. The van der Waals surface area contributed by atoms with E-state index in [1.807, 2.05) is 39.0 Å². The number of pyridine rings is 1. The number of imidazole rings is 1. The first-order chi connectivity index (χ1) is 22.6. The number of aryl methyl sites for hydroxylation is 1. The van der Waals surface area contributed by atoms with Crippen LogP contribution in [0.5, 0.6) is 0 Å². The number of anilines is 2. The maximum absolute atomic E-state index is 16.1. The van der Waals surface area contributed by atoms with Crippen LogP contribution in [0.25, 0.3) is 22.0 Å². The first-order valence-corrected chi connectivity index (χ1v) is 16.5. The number of benzene rings is 1. The molecule has 5 aromatic rings. The molecule has 2 saturated heterocycles. The van der Waals surface area contributed by atoms with Gasteiger partial charge in [-0.05, 0) is 45.7 Å². The minimum absolute atomic E-state index is 0. The van der Waals surface area contributed by atoms with E-state index in [1.165, 1.54) is 16.0 Å². The Morgan fingerprint density at radius 3 is 2.66 bits per heavy atom. The van der Waals surface area contributed by atoms with Gasteiger partial charge in [-0.1, -0.05) is 12.1 Å². The van der Waals surface area contributed by atoms with Crippen molar-refractivity contribution in [1.29, 1.82) is 0 Å². The molecule has 14 heteroatoms. The normalized spacial score (nSPS) is 17.4. The highest BCUT2D eigenvalue weighted by molar-refractivity contribution is 7.13. The molecule has 3 aliphatic rings. The fourth-order valence-corrected chi connectivity index (χ4v) is 7.40. The monoisotopic (exact) mass is 657 g/mol. The highest BCUT2D eigenvalue weighted by Gasteiger charge is 2.54. The summed E-state index contributed by atoms with van der Waals surface area (Å²) < 4.78 is 25.2. The molecular formula is C33H36FN9O3S. The summed E-state index contributed by atoms with van der Waals surface area (Å²) in [6.07, 6.45) is 8.26. The van der Waals surface area contributed by atoms with E-state index in [4.69, 9.17) is 4.74 Å². The summed E-state index contributed by atoms with van der Waals surface area (Å²) in [5, 5.41) is 10.3. The molecular weight excluding hydrogens is 621 g/mol. The van der Waals surface area contributed by atoms with Gasteiger partial charge in [0.1, 0.15) is 16.9 Å². The number of hydrogen-bond donors (Lipinski definition) is 1. The lowest BCUT2D eigenvalue weighted by atomic mass is 9.73. The zero-order valence-corrected chi connectivity index (χ0v) is 27.1. The van der Waals surface area contributed by atoms with Crippen LogP contribution in [0, 0.1) is 11.2 Å². The number of rotatable bonds is 6. The van der Waals surface area contributed by atoms with Crippen molar-refractivity contribution in [2.75, 3.05) is 36.4 Å². The number of ether oxygens (including phenoxy) is 1. The number of likely N-dealkylation sites (tertiary alicyclic amines) is 1. The number of thiazole rings is 1. The van der Waals surface area contributed by atoms with Crippen molar-refractivity contribution in [1.82, 2.24) is 34.2 Å². The van der Waals surface area contributed by atoms with Crippen molar-refractivity contribution in [2.24, 2.45) is 5.41 Å². The second-order valence-corrected chi connectivity index (χ2v) is 14.6. The highest BCUT2D eigenvalue weighted by Crippen LogP contribution is 2.42. The Morgan fingerprint density at radius 1 is 1.11 bits per heavy atom. The van der Waals surface area contributed by atoms with E-state index in [2.05, 4.69) is 34.8 Å². The quantitative estimate of drug-likeness (QED) is 0.259. The van der Waals surface area contributed by atoms with Gasteiger partial charge in [-0.3, -0.25) is 14.8 Å². The largest absolute Gasteiger partial charge is 0.444 e. The summed E-state index contributed by atoms with van der Waals surface area (Å²) in [5.74, 6) is -0.0131. The first kappa shape index (κ1) is 29.5. The van der Waals surface area contributed by atoms with Gasteiger partial charge in [0.25, 0.3) is 5.91 Å². The third-order valence-corrected chi connectivity index (χ3v) is 9.69. The standard InChI is InChI=1S/C33H34FN9O3S.H2/c1-32(2,3)46-31(45)42-17-33(18-42)15-41(16-33)24-9-7-20(13-36-24)22-8-6-21-14-43(39-26(21)25(22)34)28(29(44)38-30-35-10-12-47-30)27-23-5-4-11-40(23)19-37-27;/h6-10,12-14,19,28H,4-5,11,15-18H2,1-3H3,(H,35,38,44);1H. The third kappa shape index (κ3) is 5.29. The molecule has 1 N–H and O–H groups in total. The van der Waals surface area contributed by atoms with Gasteiger partial charge >= 0.3 is 6.09 Å². The Hall–Kier alpha value is -4.85. The van der Waals surface area contributed by atoms with Gasteiger partial charge in [-0.2, -0.15) is 5.10 Å². The molecule has 47 heavy (non-hydrogen) atoms. The minimum atomic E-state index is -0.892. The average Bonchev–Trinajstić information content (AvgIpc) is 3.78. The predicted octanol–water partition coefficient (Wildman–Crippen LogP) is 5.37. The van der Waals surface area contributed by atoms with Gasteiger partial charge in [0, 0.05) is 85.7 Å². The Balaban J connectivity index is 0.00000364. The summed E-state index contributed by atoms with van der Waals surface area (Å²) in [7, 11) is 0. The molecule has 7 heterocycles. The zero-order valence-electron chi connectivity index (χ0n) is 26.3. The van der Waals surface area contributed by atoms with E-state index in [0.717, 1.165) is 44.0 Å². The van der Waals surface area contributed by atoms with Crippen molar-refractivity contribution >= 4 is 45.2 Å². The summed E-state index contributed by atoms with van der Waals surface area (Å²) in [5.41, 5.74) is 2.32. The molecule has 0 aliphatic carbocycles. The average molecular weight is 658 g/mol. The van der Waals surface area contributed by atoms with Crippen LogP contribution < -0.4 is 10.2 Å². The van der Waals surface area contributed by atoms with Crippen LogP contribution >= 0.6 is 11.3 Å². The molecule has 1 aromatic carbocycles. The van der Waals surface area contributed by atoms with Crippen LogP contribution in [-0.2, 0) is 22.5 Å². The molecule has 1 spiro atoms. The van der Waals surface area contributed by atoms with Gasteiger partial charge in [-0.15, -0.1) is 11.3 Å². The molecule has 4 aromatic heterocycles. The van der Waals surface area contributed by atoms with Crippen molar-refractivity contribution in [3.63, 3.8) is 0 Å². The fourth-order valence-electron chi connectivity index (χ4n) is 6.87. The molecule has 3 aliphatic heterocycles. The molecule has 2 fully saturated rings. The summed E-state index contributed by atoms with van der Waals surface area (Å²) in [4.78, 5) is 43.3. The number of aromatic nitrogens is 6. The molecule has 8 rings (SSSR count). The van der Waals surface area contributed by atoms with Crippen LogP contribution in [0.3, 0.4) is 0 Å². The number of nitrogens with zero attached hydrogens (tertiary/aromatic N) is 8. The molecule has 2 amide bonds. The van der Waals surface area contributed by atoms with Crippen LogP contribution in [0.4, 0.5) is 20.1 Å². The second-order valence-electron chi connectivity index (χ2n) is 13.7. The van der Waals surface area contributed by atoms with Crippen molar-refractivity contribution in [3.8, 4) is 11.1 Å². The molecule has 244 valence electrons. The highest BCUT2D eigenvalue weighted by atomic mass is 32.1. The number of amides is 2. The van der Waals surface area contributed by atoms with Gasteiger partial charge < -0.3 is 19.1 Å². The molecule has 1 unspecified atom stereocenters. The van der Waals surface area contributed by atoms with E-state index in [9.17, 15) is 9.59 Å². The van der Waals surface area contributed by atoms with Crippen LogP contribution in [0.2, 0.25) is 0 Å². The van der Waals surface area contributed by atoms with E-state index in [-0.39, 0.29) is 24.4 Å². The second kappa shape index (κ2) is 10.9. The third-order valence-electron chi connectivity index (χ3n) is 9.00. The maximum atomic E-state index is 16.1. The first-order valence-electron chi connectivity index (χ1n) is 15.7.